The van der Waals surface area contributed by atoms with Crippen LogP contribution in [0.4, 0.5) is 4.39 Å². The first-order valence-corrected chi connectivity index (χ1v) is 6.22. The van der Waals surface area contributed by atoms with E-state index < -0.39 is 5.82 Å². The molecule has 0 amide bonds. The first-order chi connectivity index (χ1) is 8.08. The van der Waals surface area contributed by atoms with E-state index in [2.05, 4.69) is 4.98 Å². The van der Waals surface area contributed by atoms with Crippen molar-refractivity contribution in [3.63, 3.8) is 0 Å². The van der Waals surface area contributed by atoms with Crippen LogP contribution in [0.1, 0.15) is 21.1 Å². The minimum Gasteiger partial charge on any atom is -0.294 e. The molecule has 0 unspecified atom stereocenters. The fourth-order valence-electron chi connectivity index (χ4n) is 1.44. The van der Waals surface area contributed by atoms with Crippen molar-refractivity contribution < 1.29 is 9.18 Å². The van der Waals surface area contributed by atoms with Gasteiger partial charge in [0.05, 0.1) is 11.4 Å². The number of benzene rings is 1. The van der Waals surface area contributed by atoms with Gasteiger partial charge in [0.1, 0.15) is 10.8 Å². The molecule has 0 bridgehead atoms. The normalized spacial score (nSPS) is 10.5. The lowest BCUT2D eigenvalue weighted by Crippen LogP contribution is -2.05. The molecule has 17 heavy (non-hydrogen) atoms. The molecule has 0 spiro atoms. The summed E-state index contributed by atoms with van der Waals surface area (Å²) in [5, 5.41) is 2.47. The molecule has 0 fully saturated rings. The Morgan fingerprint density at radius 3 is 2.94 bits per heavy atom. The third-order valence-electron chi connectivity index (χ3n) is 2.23. The number of carbonyl (C=O) groups excluding carboxylic acids is 1. The summed E-state index contributed by atoms with van der Waals surface area (Å²) in [7, 11) is 0. The molecular weight excluding hydrogens is 261 g/mol. The summed E-state index contributed by atoms with van der Waals surface area (Å²) in [5.41, 5.74) is 1.09. The van der Waals surface area contributed by atoms with E-state index >= 15 is 0 Å². The molecule has 0 radical (unpaired) electrons. The Morgan fingerprint density at radius 1 is 1.53 bits per heavy atom. The molecule has 2 rings (SSSR count). The quantitative estimate of drug-likeness (QED) is 0.796. The third kappa shape index (κ3) is 2.70. The molecule has 0 N–H and O–H groups in total. The molecule has 5 heteroatoms. The topological polar surface area (TPSA) is 30.0 Å². The Balaban J connectivity index is 2.23. The minimum absolute atomic E-state index is 0.120. The van der Waals surface area contributed by atoms with Crippen LogP contribution in [-0.2, 0) is 6.42 Å². The van der Waals surface area contributed by atoms with E-state index in [9.17, 15) is 9.18 Å². The lowest BCUT2D eigenvalue weighted by molar-refractivity contribution is 0.0992. The van der Waals surface area contributed by atoms with E-state index in [1.165, 1.54) is 29.5 Å². The van der Waals surface area contributed by atoms with Crippen molar-refractivity contribution in [2.75, 3.05) is 0 Å². The molecule has 1 aromatic heterocycles. The average molecular weight is 270 g/mol. The fourth-order valence-corrected chi connectivity index (χ4v) is 2.44. The van der Waals surface area contributed by atoms with E-state index in [0.29, 0.717) is 5.01 Å². The number of ketones is 1. The van der Waals surface area contributed by atoms with E-state index in [4.69, 9.17) is 11.6 Å². The number of hydrogen-bond acceptors (Lipinski definition) is 3. The highest BCUT2D eigenvalue weighted by atomic mass is 35.5. The lowest BCUT2D eigenvalue weighted by Gasteiger charge is -2.02. The summed E-state index contributed by atoms with van der Waals surface area (Å²) >= 11 is 7.16. The molecule has 0 aliphatic carbocycles. The Hall–Kier alpha value is -1.26. The van der Waals surface area contributed by atoms with Gasteiger partial charge in [0.15, 0.2) is 5.78 Å². The third-order valence-corrected chi connectivity index (χ3v) is 3.58. The second-order valence-electron chi connectivity index (χ2n) is 3.58. The molecule has 0 atom stereocenters. The Labute approximate surface area is 107 Å². The van der Waals surface area contributed by atoms with E-state index in [1.54, 1.807) is 0 Å². The number of rotatable bonds is 3. The fraction of sp³-hybridized carbons (Fsp3) is 0.167. The molecule has 0 saturated carbocycles. The summed E-state index contributed by atoms with van der Waals surface area (Å²) in [6, 6.07) is 4.22. The van der Waals surface area contributed by atoms with Crippen LogP contribution in [-0.4, -0.2) is 10.8 Å². The van der Waals surface area contributed by atoms with Crippen molar-refractivity contribution >= 4 is 28.7 Å². The van der Waals surface area contributed by atoms with Crippen molar-refractivity contribution in [1.29, 1.82) is 0 Å². The predicted octanol–water partition coefficient (Wildman–Crippen LogP) is 3.67. The van der Waals surface area contributed by atoms with Gasteiger partial charge in [-0.25, -0.2) is 9.37 Å². The van der Waals surface area contributed by atoms with Crippen molar-refractivity contribution in [3.05, 3.63) is 50.7 Å². The minimum atomic E-state index is -0.576. The summed E-state index contributed by atoms with van der Waals surface area (Å²) in [4.78, 5) is 16.1. The molecule has 1 aromatic carbocycles. The first kappa shape index (κ1) is 12.2. The number of halogens is 2. The summed E-state index contributed by atoms with van der Waals surface area (Å²) < 4.78 is 13.2. The van der Waals surface area contributed by atoms with Crippen LogP contribution in [0.2, 0.25) is 5.02 Å². The van der Waals surface area contributed by atoms with Gasteiger partial charge >= 0.3 is 0 Å². The van der Waals surface area contributed by atoms with Crippen LogP contribution >= 0.6 is 22.9 Å². The Bertz CT molecular complexity index is 567. The summed E-state index contributed by atoms with van der Waals surface area (Å²) in [6.45, 7) is 1.86. The van der Waals surface area contributed by atoms with E-state index in [1.807, 2.05) is 12.3 Å². The van der Waals surface area contributed by atoms with Crippen LogP contribution in [0.5, 0.6) is 0 Å². The van der Waals surface area contributed by atoms with Crippen molar-refractivity contribution in [3.8, 4) is 0 Å². The molecule has 0 aliphatic heterocycles. The van der Waals surface area contributed by atoms with E-state index in [0.717, 1.165) is 5.69 Å². The number of Topliss-reactive ketones (excluding diaryl/α,β-unsaturated/α-hetero) is 1. The smallest absolute Gasteiger partial charge is 0.171 e. The average Bonchev–Trinajstić information content (AvgIpc) is 2.68. The van der Waals surface area contributed by atoms with Crippen LogP contribution in [0.15, 0.2) is 23.6 Å². The number of aryl methyl sites for hydroxylation is 1. The molecule has 0 saturated heterocycles. The first-order valence-electron chi connectivity index (χ1n) is 4.96. The van der Waals surface area contributed by atoms with Crippen LogP contribution in [0.25, 0.3) is 0 Å². The highest BCUT2D eigenvalue weighted by molar-refractivity contribution is 7.09. The zero-order valence-electron chi connectivity index (χ0n) is 9.04. The number of carbonyl (C=O) groups is 1. The maximum Gasteiger partial charge on any atom is 0.171 e. The number of aromatic nitrogens is 1. The second kappa shape index (κ2) is 4.94. The highest BCUT2D eigenvalue weighted by Crippen LogP contribution is 2.22. The SMILES string of the molecule is Cc1csc(CC(=O)c2cccc(F)c2Cl)n1. The van der Waals surface area contributed by atoms with Gasteiger partial charge in [0.2, 0.25) is 0 Å². The van der Waals surface area contributed by atoms with Gasteiger partial charge in [0, 0.05) is 16.6 Å². The number of hydrogen-bond donors (Lipinski definition) is 0. The number of thiazole rings is 1. The maximum atomic E-state index is 13.2. The van der Waals surface area contributed by atoms with Crippen molar-refractivity contribution in [2.45, 2.75) is 13.3 Å². The van der Waals surface area contributed by atoms with Crippen LogP contribution in [0, 0.1) is 12.7 Å². The zero-order chi connectivity index (χ0) is 12.4. The Kier molecular flexibility index (Phi) is 3.54. The summed E-state index contributed by atoms with van der Waals surface area (Å²) in [5.74, 6) is -0.795. The lowest BCUT2D eigenvalue weighted by atomic mass is 10.1. The molecule has 88 valence electrons. The molecule has 1 heterocycles. The van der Waals surface area contributed by atoms with Gasteiger partial charge < -0.3 is 0 Å². The summed E-state index contributed by atoms with van der Waals surface area (Å²) in [6.07, 6.45) is 0.154. The highest BCUT2D eigenvalue weighted by Gasteiger charge is 2.15. The van der Waals surface area contributed by atoms with Gasteiger partial charge in [-0.1, -0.05) is 17.7 Å². The van der Waals surface area contributed by atoms with Gasteiger partial charge in [-0.05, 0) is 19.1 Å². The standard InChI is InChI=1S/C12H9ClFNOS/c1-7-6-17-11(15-7)5-10(16)8-3-2-4-9(14)12(8)13/h2-4,6H,5H2,1H3. The number of nitrogens with zero attached hydrogens (tertiary/aromatic N) is 1. The van der Waals surface area contributed by atoms with Gasteiger partial charge in [-0.15, -0.1) is 11.3 Å². The van der Waals surface area contributed by atoms with Crippen molar-refractivity contribution in [2.24, 2.45) is 0 Å². The molecule has 2 nitrogen and oxygen atoms in total. The van der Waals surface area contributed by atoms with Gasteiger partial charge in [-0.3, -0.25) is 4.79 Å². The molecule has 0 aliphatic rings. The van der Waals surface area contributed by atoms with Crippen molar-refractivity contribution in [1.82, 2.24) is 4.98 Å². The van der Waals surface area contributed by atoms with Crippen LogP contribution in [0.3, 0.4) is 0 Å². The zero-order valence-corrected chi connectivity index (χ0v) is 10.6. The van der Waals surface area contributed by atoms with Gasteiger partial charge in [-0.2, -0.15) is 0 Å². The Morgan fingerprint density at radius 2 is 2.29 bits per heavy atom. The predicted molar refractivity (Wildman–Crippen MR) is 66.3 cm³/mol. The monoisotopic (exact) mass is 269 g/mol. The maximum absolute atomic E-state index is 13.2. The van der Waals surface area contributed by atoms with E-state index in [-0.39, 0.29) is 22.8 Å². The molecule has 2 aromatic rings. The van der Waals surface area contributed by atoms with Gasteiger partial charge in [0.25, 0.3) is 0 Å². The second-order valence-corrected chi connectivity index (χ2v) is 4.90. The van der Waals surface area contributed by atoms with Crippen LogP contribution < -0.4 is 0 Å². The molecular formula is C12H9ClFNOS. The largest absolute Gasteiger partial charge is 0.294 e.